The van der Waals surface area contributed by atoms with Crippen molar-refractivity contribution in [2.45, 2.75) is 38.1 Å². The molecular formula is C16H18N4O2. The summed E-state index contributed by atoms with van der Waals surface area (Å²) in [5.41, 5.74) is 3.38. The summed E-state index contributed by atoms with van der Waals surface area (Å²) in [4.78, 5) is 27.5. The molecule has 2 amide bonds. The van der Waals surface area contributed by atoms with Gasteiger partial charge in [0, 0.05) is 25.2 Å². The summed E-state index contributed by atoms with van der Waals surface area (Å²) in [7, 11) is 1.58. The van der Waals surface area contributed by atoms with E-state index in [1.807, 2.05) is 6.07 Å². The highest BCUT2D eigenvalue weighted by atomic mass is 16.2. The molecule has 1 aliphatic heterocycles. The molecule has 1 atom stereocenters. The molecule has 1 aliphatic carbocycles. The fraction of sp³-hybridized carbons (Fsp3) is 0.438. The first-order valence-corrected chi connectivity index (χ1v) is 7.53. The second kappa shape index (κ2) is 6.17. The van der Waals surface area contributed by atoms with Gasteiger partial charge in [-0.15, -0.1) is 5.11 Å². The smallest absolute Gasteiger partial charge is 0.291 e. The minimum absolute atomic E-state index is 0.0688. The number of amides is 2. The van der Waals surface area contributed by atoms with E-state index >= 15 is 0 Å². The van der Waals surface area contributed by atoms with Gasteiger partial charge in [-0.25, -0.2) is 0 Å². The van der Waals surface area contributed by atoms with E-state index in [2.05, 4.69) is 20.5 Å². The van der Waals surface area contributed by atoms with E-state index in [0.29, 0.717) is 12.1 Å². The van der Waals surface area contributed by atoms with Crippen LogP contribution in [0.3, 0.4) is 0 Å². The van der Waals surface area contributed by atoms with Gasteiger partial charge in [0.25, 0.3) is 11.8 Å². The van der Waals surface area contributed by atoms with Gasteiger partial charge < -0.3 is 5.32 Å². The molecule has 2 heterocycles. The first-order valence-electron chi connectivity index (χ1n) is 7.53. The number of pyridine rings is 1. The molecule has 0 saturated heterocycles. The normalized spacial score (nSPS) is 20.8. The molecule has 3 rings (SSSR count). The molecule has 1 unspecified atom stereocenters. The van der Waals surface area contributed by atoms with Crippen LogP contribution >= 0.6 is 0 Å². The second-order valence-corrected chi connectivity index (χ2v) is 5.58. The Morgan fingerprint density at radius 1 is 1.32 bits per heavy atom. The maximum absolute atomic E-state index is 11.8. The standard InChI is InChI=1S/C16H18N4O2/c1-17-16(22)13-7-6-10(9-18-13)8-14-11-4-2-3-5-12(11)15(21)20-19-14/h6-7,9,14H,2-5,8H2,1H3,(H,17,22). The molecule has 22 heavy (non-hydrogen) atoms. The number of hydrogen-bond acceptors (Lipinski definition) is 4. The van der Waals surface area contributed by atoms with Crippen molar-refractivity contribution < 1.29 is 9.59 Å². The van der Waals surface area contributed by atoms with Crippen LogP contribution in [-0.2, 0) is 11.2 Å². The highest BCUT2D eigenvalue weighted by Crippen LogP contribution is 2.33. The Morgan fingerprint density at radius 2 is 2.14 bits per heavy atom. The molecule has 6 nitrogen and oxygen atoms in total. The summed E-state index contributed by atoms with van der Waals surface area (Å²) in [6.07, 6.45) is 6.25. The van der Waals surface area contributed by atoms with Crippen LogP contribution in [0.2, 0.25) is 0 Å². The van der Waals surface area contributed by atoms with E-state index in [0.717, 1.165) is 42.4 Å². The van der Waals surface area contributed by atoms with Crippen molar-refractivity contribution in [1.29, 1.82) is 0 Å². The lowest BCUT2D eigenvalue weighted by molar-refractivity contribution is -0.115. The summed E-state index contributed by atoms with van der Waals surface area (Å²) in [6, 6.07) is 3.52. The number of carbonyl (C=O) groups is 2. The van der Waals surface area contributed by atoms with E-state index < -0.39 is 0 Å². The molecule has 0 radical (unpaired) electrons. The van der Waals surface area contributed by atoms with Crippen LogP contribution in [-0.4, -0.2) is 29.9 Å². The SMILES string of the molecule is CNC(=O)c1ccc(CC2N=NC(=O)C3=C2CCCC3)cn1. The Morgan fingerprint density at radius 3 is 2.86 bits per heavy atom. The predicted molar refractivity (Wildman–Crippen MR) is 80.5 cm³/mol. The van der Waals surface area contributed by atoms with Gasteiger partial charge in [-0.1, -0.05) is 6.07 Å². The summed E-state index contributed by atoms with van der Waals surface area (Å²) in [5.74, 6) is -0.370. The van der Waals surface area contributed by atoms with Crippen molar-refractivity contribution in [2.24, 2.45) is 10.2 Å². The predicted octanol–water partition coefficient (Wildman–Crippen LogP) is 2.22. The van der Waals surface area contributed by atoms with Crippen LogP contribution in [0.25, 0.3) is 0 Å². The summed E-state index contributed by atoms with van der Waals surface area (Å²) < 4.78 is 0. The van der Waals surface area contributed by atoms with Gasteiger partial charge in [-0.3, -0.25) is 14.6 Å². The van der Waals surface area contributed by atoms with Crippen LogP contribution < -0.4 is 5.32 Å². The lowest BCUT2D eigenvalue weighted by Crippen LogP contribution is -2.23. The number of rotatable bonds is 3. The van der Waals surface area contributed by atoms with Crippen LogP contribution in [0, 0.1) is 0 Å². The van der Waals surface area contributed by atoms with Gasteiger partial charge in [0.1, 0.15) is 5.69 Å². The lowest BCUT2D eigenvalue weighted by atomic mass is 9.84. The highest BCUT2D eigenvalue weighted by Gasteiger charge is 2.28. The van der Waals surface area contributed by atoms with Crippen molar-refractivity contribution in [1.82, 2.24) is 10.3 Å². The molecule has 0 spiro atoms. The third-order valence-electron chi connectivity index (χ3n) is 4.17. The maximum atomic E-state index is 11.8. The maximum Gasteiger partial charge on any atom is 0.291 e. The monoisotopic (exact) mass is 298 g/mol. The minimum atomic E-state index is -0.202. The van der Waals surface area contributed by atoms with E-state index in [1.54, 1.807) is 19.3 Å². The van der Waals surface area contributed by atoms with E-state index in [4.69, 9.17) is 0 Å². The molecule has 1 aromatic rings. The van der Waals surface area contributed by atoms with Gasteiger partial charge >= 0.3 is 0 Å². The zero-order valence-electron chi connectivity index (χ0n) is 12.5. The van der Waals surface area contributed by atoms with Crippen molar-refractivity contribution in [2.75, 3.05) is 7.05 Å². The number of azo groups is 1. The van der Waals surface area contributed by atoms with Crippen LogP contribution in [0.1, 0.15) is 41.7 Å². The molecule has 0 bridgehead atoms. The van der Waals surface area contributed by atoms with Gasteiger partial charge in [0.05, 0.1) is 6.04 Å². The Bertz CT molecular complexity index is 661. The van der Waals surface area contributed by atoms with E-state index in [-0.39, 0.29) is 17.9 Å². The molecule has 0 saturated carbocycles. The fourth-order valence-electron chi connectivity index (χ4n) is 2.99. The highest BCUT2D eigenvalue weighted by molar-refractivity contribution is 5.95. The number of hydrogen-bond donors (Lipinski definition) is 1. The molecule has 0 aromatic carbocycles. The second-order valence-electron chi connectivity index (χ2n) is 5.58. The minimum Gasteiger partial charge on any atom is -0.354 e. The Labute approximate surface area is 128 Å². The number of carbonyl (C=O) groups excluding carboxylic acids is 2. The quantitative estimate of drug-likeness (QED) is 0.928. The van der Waals surface area contributed by atoms with Crippen LogP contribution in [0.4, 0.5) is 0 Å². The molecule has 114 valence electrons. The van der Waals surface area contributed by atoms with Crippen molar-refractivity contribution in [3.8, 4) is 0 Å². The molecule has 1 N–H and O–H groups in total. The summed E-state index contributed by atoms with van der Waals surface area (Å²) >= 11 is 0. The average molecular weight is 298 g/mol. The molecule has 2 aliphatic rings. The van der Waals surface area contributed by atoms with E-state index in [9.17, 15) is 9.59 Å². The van der Waals surface area contributed by atoms with Gasteiger partial charge in [-0.05, 0) is 42.9 Å². The van der Waals surface area contributed by atoms with Crippen LogP contribution in [0.5, 0.6) is 0 Å². The van der Waals surface area contributed by atoms with E-state index in [1.165, 1.54) is 0 Å². The van der Waals surface area contributed by atoms with Gasteiger partial charge in [0.2, 0.25) is 0 Å². The first-order chi connectivity index (χ1) is 10.7. The third kappa shape index (κ3) is 2.81. The topological polar surface area (TPSA) is 83.8 Å². The van der Waals surface area contributed by atoms with Gasteiger partial charge in [0.15, 0.2) is 0 Å². The fourth-order valence-corrected chi connectivity index (χ4v) is 2.99. The largest absolute Gasteiger partial charge is 0.354 e. The average Bonchev–Trinajstić information content (AvgIpc) is 2.57. The first kappa shape index (κ1) is 14.6. The van der Waals surface area contributed by atoms with Crippen molar-refractivity contribution >= 4 is 11.8 Å². The molecule has 6 heteroatoms. The molecule has 0 fully saturated rings. The third-order valence-corrected chi connectivity index (χ3v) is 4.17. The zero-order chi connectivity index (χ0) is 15.5. The summed E-state index contributed by atoms with van der Waals surface area (Å²) in [6.45, 7) is 0. The molecule has 1 aromatic heterocycles. The van der Waals surface area contributed by atoms with Crippen molar-refractivity contribution in [3.63, 3.8) is 0 Å². The Kier molecular flexibility index (Phi) is 4.09. The van der Waals surface area contributed by atoms with Crippen molar-refractivity contribution in [3.05, 3.63) is 40.7 Å². The Balaban J connectivity index is 1.78. The zero-order valence-corrected chi connectivity index (χ0v) is 12.5. The summed E-state index contributed by atoms with van der Waals surface area (Å²) in [5, 5.41) is 10.5. The van der Waals surface area contributed by atoms with Gasteiger partial charge in [-0.2, -0.15) is 5.11 Å². The number of nitrogens with one attached hydrogen (secondary N) is 1. The Hall–Kier alpha value is -2.37. The number of nitrogens with zero attached hydrogens (tertiary/aromatic N) is 3. The lowest BCUT2D eigenvalue weighted by Gasteiger charge is -2.25. The number of aromatic nitrogens is 1. The molecular weight excluding hydrogens is 280 g/mol. The van der Waals surface area contributed by atoms with Crippen LogP contribution in [0.15, 0.2) is 39.7 Å².